The second-order valence-corrected chi connectivity index (χ2v) is 8.36. The predicted molar refractivity (Wildman–Crippen MR) is 137 cm³/mol. The van der Waals surface area contributed by atoms with E-state index in [1.54, 1.807) is 0 Å². The molecule has 4 rings (SSSR count). The molecular weight excluding hydrogens is 410 g/mol. The third-order valence-corrected chi connectivity index (χ3v) is 6.25. The number of hydrogen-bond acceptors (Lipinski definition) is 4. The lowest BCUT2D eigenvalue weighted by molar-refractivity contribution is 0.115. The molecule has 1 N–H and O–H groups in total. The number of fused-ring (bicyclic) bond motifs is 3. The molecule has 0 radical (unpaired) electrons. The van der Waals surface area contributed by atoms with Crippen LogP contribution in [0.15, 0.2) is 59.8 Å². The fraction of sp³-hybridized carbons (Fsp3) is 0.321. The summed E-state index contributed by atoms with van der Waals surface area (Å²) in [4.78, 5) is 11.4. The third kappa shape index (κ3) is 5.20. The van der Waals surface area contributed by atoms with Crippen LogP contribution in [0, 0.1) is 13.8 Å². The monoisotopic (exact) mass is 443 g/mol. The summed E-state index contributed by atoms with van der Waals surface area (Å²) in [5.41, 5.74) is 6.85. The summed E-state index contributed by atoms with van der Waals surface area (Å²) >= 11 is 0. The van der Waals surface area contributed by atoms with E-state index in [-0.39, 0.29) is 0 Å². The third-order valence-electron chi connectivity index (χ3n) is 6.25. The second-order valence-electron chi connectivity index (χ2n) is 8.36. The fourth-order valence-electron chi connectivity index (χ4n) is 4.24. The number of aromatic amines is 1. The Kier molecular flexibility index (Phi) is 7.30. The molecule has 5 heteroatoms. The molecule has 0 saturated heterocycles. The van der Waals surface area contributed by atoms with Gasteiger partial charge in [-0.1, -0.05) is 49.3 Å². The Labute approximate surface area is 196 Å². The van der Waals surface area contributed by atoms with Gasteiger partial charge in [0.2, 0.25) is 0 Å². The number of H-pyrrole nitrogens is 1. The normalized spacial score (nSPS) is 11.8. The topological polar surface area (TPSA) is 49.8 Å². The Bertz CT molecular complexity index is 1240. The highest BCUT2D eigenvalue weighted by Crippen LogP contribution is 2.34. The van der Waals surface area contributed by atoms with Crippen molar-refractivity contribution >= 4 is 28.0 Å². The Morgan fingerprint density at radius 3 is 2.55 bits per heavy atom. The van der Waals surface area contributed by atoms with Crippen molar-refractivity contribution in [2.45, 2.75) is 34.3 Å². The van der Waals surface area contributed by atoms with Crippen LogP contribution in [0.5, 0.6) is 5.75 Å². The average molecular weight is 444 g/mol. The van der Waals surface area contributed by atoms with E-state index in [2.05, 4.69) is 73.1 Å². The van der Waals surface area contributed by atoms with Gasteiger partial charge in [0.15, 0.2) is 0 Å². The number of rotatable bonds is 10. The number of likely N-dealkylation sites (N-methyl/N-ethyl adjacent to an activating group) is 1. The molecule has 0 spiro atoms. The quantitative estimate of drug-likeness (QED) is 0.180. The maximum Gasteiger partial charge on any atom is 0.129 e. The van der Waals surface area contributed by atoms with Crippen molar-refractivity contribution in [1.29, 1.82) is 0 Å². The van der Waals surface area contributed by atoms with Gasteiger partial charge in [0.25, 0.3) is 0 Å². The van der Waals surface area contributed by atoms with Crippen molar-refractivity contribution in [3.05, 3.63) is 76.9 Å². The van der Waals surface area contributed by atoms with Crippen LogP contribution in [0.1, 0.15) is 36.1 Å². The van der Waals surface area contributed by atoms with Crippen LogP contribution in [-0.4, -0.2) is 42.3 Å². The lowest BCUT2D eigenvalue weighted by Gasteiger charge is -2.16. The number of aromatic nitrogens is 1. The van der Waals surface area contributed by atoms with Crippen molar-refractivity contribution in [2.75, 3.05) is 26.2 Å². The summed E-state index contributed by atoms with van der Waals surface area (Å²) in [6.07, 6.45) is 1.83. The molecule has 0 atom stereocenters. The van der Waals surface area contributed by atoms with Crippen LogP contribution < -0.4 is 4.74 Å². The van der Waals surface area contributed by atoms with Crippen LogP contribution in [0.4, 0.5) is 0 Å². The molecule has 5 nitrogen and oxygen atoms in total. The summed E-state index contributed by atoms with van der Waals surface area (Å²) in [6.45, 7) is 12.7. The number of nitrogens with zero attached hydrogens (tertiary/aromatic N) is 2. The number of oxime groups is 1. The number of hydrogen-bond donors (Lipinski definition) is 1. The standard InChI is InChI=1S/C28H33N3O2/c1-5-31(6-2)14-15-33-29-18-23-16-20(3)28-27(21(23)4)25-17-24(12-13-26(25)30-28)32-19-22-10-8-7-9-11-22/h7-13,16-18,30H,5-6,14-15,19H2,1-4H3/b29-18+. The first-order valence-electron chi connectivity index (χ1n) is 11.7. The predicted octanol–water partition coefficient (Wildman–Crippen LogP) is 6.21. The zero-order valence-electron chi connectivity index (χ0n) is 20.0. The van der Waals surface area contributed by atoms with Crippen molar-refractivity contribution in [3.63, 3.8) is 0 Å². The van der Waals surface area contributed by atoms with Crippen LogP contribution in [0.25, 0.3) is 21.8 Å². The highest BCUT2D eigenvalue weighted by atomic mass is 16.6. The van der Waals surface area contributed by atoms with Gasteiger partial charge in [-0.25, -0.2) is 0 Å². The molecule has 0 amide bonds. The SMILES string of the molecule is CCN(CC)CCO/N=C/c1cc(C)c2[nH]c3ccc(OCc4ccccc4)cc3c2c1C. The molecule has 172 valence electrons. The van der Waals surface area contributed by atoms with Gasteiger partial charge in [-0.15, -0.1) is 0 Å². The zero-order chi connectivity index (χ0) is 23.2. The maximum absolute atomic E-state index is 6.08. The minimum Gasteiger partial charge on any atom is -0.489 e. The zero-order valence-corrected chi connectivity index (χ0v) is 20.0. The summed E-state index contributed by atoms with van der Waals surface area (Å²) in [5.74, 6) is 0.864. The van der Waals surface area contributed by atoms with Gasteiger partial charge in [0, 0.05) is 33.9 Å². The van der Waals surface area contributed by atoms with E-state index in [4.69, 9.17) is 9.57 Å². The van der Waals surface area contributed by atoms with E-state index in [9.17, 15) is 0 Å². The molecule has 1 aromatic heterocycles. The summed E-state index contributed by atoms with van der Waals surface area (Å²) in [5, 5.41) is 6.62. The van der Waals surface area contributed by atoms with E-state index in [0.717, 1.165) is 52.9 Å². The number of benzene rings is 3. The average Bonchev–Trinajstić information content (AvgIpc) is 3.23. The fourth-order valence-corrected chi connectivity index (χ4v) is 4.24. The molecule has 4 aromatic rings. The van der Waals surface area contributed by atoms with Crippen molar-refractivity contribution in [2.24, 2.45) is 5.16 Å². The molecule has 0 aliphatic carbocycles. The molecule has 3 aromatic carbocycles. The molecule has 0 saturated carbocycles. The lowest BCUT2D eigenvalue weighted by atomic mass is 9.99. The van der Waals surface area contributed by atoms with Crippen LogP contribution in [0.3, 0.4) is 0 Å². The van der Waals surface area contributed by atoms with Crippen LogP contribution in [0.2, 0.25) is 0 Å². The summed E-state index contributed by atoms with van der Waals surface area (Å²) in [6, 6.07) is 18.6. The minimum absolute atomic E-state index is 0.551. The van der Waals surface area contributed by atoms with Crippen LogP contribution in [-0.2, 0) is 11.4 Å². The molecule has 33 heavy (non-hydrogen) atoms. The summed E-state index contributed by atoms with van der Waals surface area (Å²) in [7, 11) is 0. The van der Waals surface area contributed by atoms with E-state index in [0.29, 0.717) is 13.2 Å². The Morgan fingerprint density at radius 2 is 1.79 bits per heavy atom. The molecule has 0 bridgehead atoms. The Hall–Kier alpha value is -3.31. The Morgan fingerprint density at radius 1 is 1.00 bits per heavy atom. The largest absolute Gasteiger partial charge is 0.489 e. The van der Waals surface area contributed by atoms with Crippen LogP contribution >= 0.6 is 0 Å². The van der Waals surface area contributed by atoms with Gasteiger partial charge in [-0.05, 0) is 67.9 Å². The first kappa shape index (κ1) is 22.9. The van der Waals surface area contributed by atoms with Gasteiger partial charge in [0.05, 0.1) is 6.21 Å². The molecule has 1 heterocycles. The van der Waals surface area contributed by atoms with E-state index >= 15 is 0 Å². The molecule has 0 fully saturated rings. The Balaban J connectivity index is 1.57. The lowest BCUT2D eigenvalue weighted by Crippen LogP contribution is -2.26. The first-order chi connectivity index (χ1) is 16.1. The minimum atomic E-state index is 0.551. The highest BCUT2D eigenvalue weighted by Gasteiger charge is 2.13. The van der Waals surface area contributed by atoms with Crippen molar-refractivity contribution in [1.82, 2.24) is 9.88 Å². The van der Waals surface area contributed by atoms with Gasteiger partial charge in [0.1, 0.15) is 19.0 Å². The van der Waals surface area contributed by atoms with E-state index < -0.39 is 0 Å². The maximum atomic E-state index is 6.08. The van der Waals surface area contributed by atoms with Gasteiger partial charge in [-0.2, -0.15) is 0 Å². The highest BCUT2D eigenvalue weighted by molar-refractivity contribution is 6.12. The van der Waals surface area contributed by atoms with Gasteiger partial charge in [-0.3, -0.25) is 0 Å². The first-order valence-corrected chi connectivity index (χ1v) is 11.7. The van der Waals surface area contributed by atoms with Gasteiger partial charge < -0.3 is 19.5 Å². The van der Waals surface area contributed by atoms with Gasteiger partial charge >= 0.3 is 0 Å². The molecule has 0 aliphatic rings. The molecule has 0 unspecified atom stereocenters. The summed E-state index contributed by atoms with van der Waals surface area (Å²) < 4.78 is 6.08. The van der Waals surface area contributed by atoms with Crippen molar-refractivity contribution in [3.8, 4) is 5.75 Å². The van der Waals surface area contributed by atoms with E-state index in [1.165, 1.54) is 16.5 Å². The molecule has 0 aliphatic heterocycles. The van der Waals surface area contributed by atoms with E-state index in [1.807, 2.05) is 30.5 Å². The smallest absolute Gasteiger partial charge is 0.129 e. The number of ether oxygens (including phenoxy) is 1. The van der Waals surface area contributed by atoms with Crippen molar-refractivity contribution < 1.29 is 9.57 Å². The number of nitrogens with one attached hydrogen (secondary N) is 1. The second kappa shape index (κ2) is 10.5. The molecular formula is C28H33N3O2. The number of aryl methyl sites for hydroxylation is 2.